The van der Waals surface area contributed by atoms with E-state index in [0.29, 0.717) is 5.88 Å². The van der Waals surface area contributed by atoms with Crippen LogP contribution in [0.15, 0.2) is 103 Å². The van der Waals surface area contributed by atoms with E-state index in [0.717, 1.165) is 40.5 Å². The first-order valence-electron chi connectivity index (χ1n) is 12.2. The van der Waals surface area contributed by atoms with Crippen LogP contribution in [-0.4, -0.2) is 17.3 Å². The summed E-state index contributed by atoms with van der Waals surface area (Å²) >= 11 is 11.7. The summed E-state index contributed by atoms with van der Waals surface area (Å²) < 4.78 is 6.82. The lowest BCUT2D eigenvalue weighted by molar-refractivity contribution is -0.729. The normalized spacial score (nSPS) is 13.8. The molecule has 0 radical (unpaired) electrons. The van der Waals surface area contributed by atoms with Crippen molar-refractivity contribution in [2.75, 3.05) is 7.05 Å². The van der Waals surface area contributed by atoms with Crippen molar-refractivity contribution in [1.82, 2.24) is 0 Å². The van der Waals surface area contributed by atoms with Crippen LogP contribution in [0.2, 0.25) is 0 Å². The zero-order valence-corrected chi connectivity index (χ0v) is 22.5. The molecule has 1 aliphatic rings. The second-order valence-electron chi connectivity index (χ2n) is 9.44. The zero-order valence-electron chi connectivity index (χ0n) is 20.9. The van der Waals surface area contributed by atoms with Gasteiger partial charge in [0, 0.05) is 55.3 Å². The predicted molar refractivity (Wildman–Crippen MR) is 151 cm³/mol. The number of nitrogens with zero attached hydrogens (tertiary/aromatic N) is 3. The van der Waals surface area contributed by atoms with Crippen LogP contribution in [0.25, 0.3) is 28.2 Å². The van der Waals surface area contributed by atoms with Crippen LogP contribution >= 0.6 is 24.2 Å². The lowest BCUT2D eigenvalue weighted by Gasteiger charge is -2.17. The molecule has 36 heavy (non-hydrogen) atoms. The fourth-order valence-electron chi connectivity index (χ4n) is 5.09. The van der Waals surface area contributed by atoms with E-state index in [1.54, 1.807) is 0 Å². The first-order valence-corrected chi connectivity index (χ1v) is 13.2. The lowest BCUT2D eigenvalue weighted by atomic mass is 10.1. The Morgan fingerprint density at radius 1 is 0.722 bits per heavy atom. The van der Waals surface area contributed by atoms with Crippen molar-refractivity contribution in [3.05, 3.63) is 115 Å². The van der Waals surface area contributed by atoms with Crippen LogP contribution in [0.4, 0.5) is 0 Å². The molecule has 5 rings (SSSR count). The van der Waals surface area contributed by atoms with Gasteiger partial charge in [0.25, 0.3) is 22.8 Å². The molecular weight excluding hydrogens is 482 g/mol. The molecule has 0 N–H and O–H groups in total. The van der Waals surface area contributed by atoms with Gasteiger partial charge >= 0.3 is 0 Å². The van der Waals surface area contributed by atoms with Crippen molar-refractivity contribution in [1.29, 1.82) is 0 Å². The molecule has 0 aliphatic carbocycles. The molecule has 0 unspecified atom stereocenters. The molecule has 3 heterocycles. The molecule has 0 atom stereocenters. The summed E-state index contributed by atoms with van der Waals surface area (Å²) in [5.41, 5.74) is 9.20. The molecular formula is C31H31ClN3S+3. The lowest BCUT2D eigenvalue weighted by Crippen LogP contribution is -2.53. The van der Waals surface area contributed by atoms with Crippen LogP contribution in [-0.2, 0) is 10.9 Å². The third kappa shape index (κ3) is 4.52. The Balaban J connectivity index is 1.65. The standard InChI is InChI=1S/C31H30ClN3S/c1-31(2,32)35-26(24-14-8-5-9-15-24)17-11-19-30(35)28-21-20-27(33(28)3)29-18-10-16-25(34(29)22-36)23-12-6-4-7-13-23/h4-19,21H,20,22H2,1-3H3/q+2/p+1. The van der Waals surface area contributed by atoms with Gasteiger partial charge in [0.05, 0.1) is 6.42 Å². The number of pyridine rings is 2. The number of alkyl halides is 1. The van der Waals surface area contributed by atoms with Gasteiger partial charge in [-0.2, -0.15) is 13.7 Å². The van der Waals surface area contributed by atoms with Gasteiger partial charge in [0.1, 0.15) is 7.05 Å². The van der Waals surface area contributed by atoms with Crippen molar-refractivity contribution in [2.45, 2.75) is 31.1 Å². The van der Waals surface area contributed by atoms with E-state index >= 15 is 0 Å². The van der Waals surface area contributed by atoms with Crippen molar-refractivity contribution in [2.24, 2.45) is 0 Å². The highest BCUT2D eigenvalue weighted by Gasteiger charge is 2.41. The van der Waals surface area contributed by atoms with Gasteiger partial charge in [-0.05, 0) is 48.0 Å². The van der Waals surface area contributed by atoms with Crippen LogP contribution in [0, 0.1) is 0 Å². The monoisotopic (exact) mass is 512 g/mol. The molecule has 0 bridgehead atoms. The first-order chi connectivity index (χ1) is 17.4. The average Bonchev–Trinajstić information content (AvgIpc) is 3.29. The Labute approximate surface area is 224 Å². The van der Waals surface area contributed by atoms with Crippen LogP contribution < -0.4 is 9.13 Å². The van der Waals surface area contributed by atoms with Gasteiger partial charge in [-0.15, -0.1) is 12.6 Å². The maximum atomic E-state index is 7.03. The highest BCUT2D eigenvalue weighted by molar-refractivity contribution is 7.78. The fraction of sp³-hybridized carbons (Fsp3) is 0.194. The van der Waals surface area contributed by atoms with Gasteiger partial charge in [0.2, 0.25) is 16.4 Å². The van der Waals surface area contributed by atoms with Gasteiger partial charge in [-0.25, -0.2) is 0 Å². The molecule has 0 saturated carbocycles. The van der Waals surface area contributed by atoms with E-state index in [-0.39, 0.29) is 0 Å². The number of halogens is 1. The fourth-order valence-corrected chi connectivity index (χ4v) is 5.57. The molecule has 2 aromatic heterocycles. The quantitative estimate of drug-likeness (QED) is 0.177. The average molecular weight is 513 g/mol. The molecule has 2 aromatic carbocycles. The van der Waals surface area contributed by atoms with Crippen molar-refractivity contribution in [3.63, 3.8) is 0 Å². The number of rotatable bonds is 6. The number of thiol groups is 1. The Morgan fingerprint density at radius 2 is 1.25 bits per heavy atom. The number of hydrogen-bond donors (Lipinski definition) is 1. The molecule has 0 fully saturated rings. The third-order valence-electron chi connectivity index (χ3n) is 6.71. The molecule has 0 spiro atoms. The summed E-state index contributed by atoms with van der Waals surface area (Å²) in [7, 11) is 2.15. The van der Waals surface area contributed by atoms with Crippen molar-refractivity contribution >= 4 is 35.6 Å². The van der Waals surface area contributed by atoms with Crippen molar-refractivity contribution in [3.8, 4) is 22.5 Å². The number of hydrogen-bond acceptors (Lipinski definition) is 1. The summed E-state index contributed by atoms with van der Waals surface area (Å²) in [6, 6.07) is 33.8. The number of aromatic nitrogens is 2. The van der Waals surface area contributed by atoms with Crippen LogP contribution in [0.5, 0.6) is 0 Å². The molecule has 0 saturated heterocycles. The SMILES string of the molecule is C[N+]1=C(c2cccc(-c3ccccc3)[n+]2CS)CC=C1c1cccc(-c2ccccc2)[n+]1C(C)(C)Cl. The van der Waals surface area contributed by atoms with Crippen LogP contribution in [0.3, 0.4) is 0 Å². The van der Waals surface area contributed by atoms with E-state index in [1.807, 2.05) is 26.0 Å². The van der Waals surface area contributed by atoms with Gasteiger partial charge in [-0.3, -0.25) is 0 Å². The zero-order chi connectivity index (χ0) is 25.3. The molecule has 180 valence electrons. The van der Waals surface area contributed by atoms with E-state index in [2.05, 4.69) is 112 Å². The summed E-state index contributed by atoms with van der Waals surface area (Å²) in [4.78, 5) is -0.621. The first kappa shape index (κ1) is 24.5. The summed E-state index contributed by atoms with van der Waals surface area (Å²) in [5, 5.41) is 0. The van der Waals surface area contributed by atoms with Gasteiger partial charge in [-0.1, -0.05) is 36.4 Å². The minimum Gasteiger partial charge on any atom is -0.187 e. The van der Waals surface area contributed by atoms with E-state index in [9.17, 15) is 0 Å². The van der Waals surface area contributed by atoms with Gasteiger partial charge in [0.15, 0.2) is 5.88 Å². The van der Waals surface area contributed by atoms with E-state index in [4.69, 9.17) is 24.2 Å². The number of allylic oxidation sites excluding steroid dienone is 1. The molecule has 0 amide bonds. The minimum absolute atomic E-state index is 0.589. The predicted octanol–water partition coefficient (Wildman–Crippen LogP) is 6.29. The molecule has 5 heteroatoms. The van der Waals surface area contributed by atoms with Crippen molar-refractivity contribution < 1.29 is 13.7 Å². The summed E-state index contributed by atoms with van der Waals surface area (Å²) in [5.74, 6) is 0.589. The topological polar surface area (TPSA) is 10.8 Å². The second-order valence-corrected chi connectivity index (χ2v) is 10.6. The Bertz CT molecular complexity index is 1470. The largest absolute Gasteiger partial charge is 0.279 e. The Morgan fingerprint density at radius 3 is 1.83 bits per heavy atom. The smallest absolute Gasteiger partial charge is 0.187 e. The maximum absolute atomic E-state index is 7.03. The second kappa shape index (κ2) is 10.0. The van der Waals surface area contributed by atoms with Crippen LogP contribution in [0.1, 0.15) is 31.7 Å². The van der Waals surface area contributed by atoms with Gasteiger partial charge < -0.3 is 0 Å². The number of benzene rings is 2. The Hall–Kier alpha value is -3.21. The van der Waals surface area contributed by atoms with E-state index in [1.165, 1.54) is 11.3 Å². The third-order valence-corrected chi connectivity index (χ3v) is 7.16. The molecule has 3 nitrogen and oxygen atoms in total. The molecule has 1 aliphatic heterocycles. The summed E-state index contributed by atoms with van der Waals surface area (Å²) in [6.45, 7) is 4.09. The highest BCUT2D eigenvalue weighted by atomic mass is 35.5. The summed E-state index contributed by atoms with van der Waals surface area (Å²) in [6.07, 6.45) is 3.13. The highest BCUT2D eigenvalue weighted by Crippen LogP contribution is 2.28. The van der Waals surface area contributed by atoms with E-state index < -0.39 is 5.00 Å². The minimum atomic E-state index is -0.621. The Kier molecular flexibility index (Phi) is 6.83. The maximum Gasteiger partial charge on any atom is 0.279 e. The molecule has 4 aromatic rings.